The first kappa shape index (κ1) is 9.68. The third-order valence-electron chi connectivity index (χ3n) is 1.81. The van der Waals surface area contributed by atoms with E-state index in [1.165, 1.54) is 0 Å². The Kier molecular flexibility index (Phi) is 3.23. The van der Waals surface area contributed by atoms with E-state index in [2.05, 4.69) is 15.9 Å². The van der Waals surface area contributed by atoms with Crippen molar-refractivity contribution in [2.45, 2.75) is 13.0 Å². The van der Waals surface area contributed by atoms with Crippen LogP contribution in [0.5, 0.6) is 0 Å². The Hall–Kier alpha value is -0.410. The van der Waals surface area contributed by atoms with Crippen molar-refractivity contribution < 1.29 is 4.39 Å². The van der Waals surface area contributed by atoms with E-state index in [0.717, 1.165) is 15.6 Å². The lowest BCUT2D eigenvalue weighted by Gasteiger charge is -2.10. The monoisotopic (exact) mass is 231 g/mol. The van der Waals surface area contributed by atoms with Gasteiger partial charge in [-0.3, -0.25) is 0 Å². The third-order valence-corrected chi connectivity index (χ3v) is 2.30. The van der Waals surface area contributed by atoms with Crippen molar-refractivity contribution in [3.05, 3.63) is 33.8 Å². The molecule has 0 saturated heterocycles. The normalized spacial score (nSPS) is 13.0. The summed E-state index contributed by atoms with van der Waals surface area (Å²) in [5.74, 6) is 0. The van der Waals surface area contributed by atoms with Crippen LogP contribution in [-0.2, 0) is 0 Å². The van der Waals surface area contributed by atoms with E-state index in [9.17, 15) is 4.39 Å². The standard InChI is InChI=1S/C9H11BrFN/c1-6-2-3-7(10)4-8(6)9(12)5-11/h2-4,9H,5,12H2,1H3/t9-/m1/s1. The van der Waals surface area contributed by atoms with E-state index in [4.69, 9.17) is 5.73 Å². The highest BCUT2D eigenvalue weighted by Crippen LogP contribution is 2.20. The van der Waals surface area contributed by atoms with Gasteiger partial charge >= 0.3 is 0 Å². The van der Waals surface area contributed by atoms with Crippen LogP contribution in [-0.4, -0.2) is 6.67 Å². The van der Waals surface area contributed by atoms with Gasteiger partial charge in [0.1, 0.15) is 6.67 Å². The molecule has 0 spiro atoms. The second-order valence-corrected chi connectivity index (χ2v) is 3.68. The summed E-state index contributed by atoms with van der Waals surface area (Å²) in [6.45, 7) is 1.41. The van der Waals surface area contributed by atoms with Crippen LogP contribution in [0, 0.1) is 6.92 Å². The molecule has 0 radical (unpaired) electrons. The lowest BCUT2D eigenvalue weighted by molar-refractivity contribution is 0.436. The lowest BCUT2D eigenvalue weighted by Crippen LogP contribution is -2.13. The molecule has 0 amide bonds. The Balaban J connectivity index is 3.04. The predicted octanol–water partition coefficient (Wildman–Crippen LogP) is 2.73. The Morgan fingerprint density at radius 1 is 1.58 bits per heavy atom. The first-order valence-electron chi connectivity index (χ1n) is 3.72. The number of benzene rings is 1. The van der Waals surface area contributed by atoms with Gasteiger partial charge in [0, 0.05) is 4.47 Å². The van der Waals surface area contributed by atoms with Crippen LogP contribution >= 0.6 is 15.9 Å². The number of nitrogens with two attached hydrogens (primary N) is 1. The topological polar surface area (TPSA) is 26.0 Å². The average molecular weight is 232 g/mol. The highest BCUT2D eigenvalue weighted by molar-refractivity contribution is 9.10. The second kappa shape index (κ2) is 4.01. The molecule has 0 heterocycles. The summed E-state index contributed by atoms with van der Waals surface area (Å²) in [6.07, 6.45) is 0. The van der Waals surface area contributed by atoms with Crippen molar-refractivity contribution in [3.63, 3.8) is 0 Å². The fraction of sp³-hybridized carbons (Fsp3) is 0.333. The molecular weight excluding hydrogens is 221 g/mol. The van der Waals surface area contributed by atoms with Crippen LogP contribution in [0.1, 0.15) is 17.2 Å². The molecule has 0 bridgehead atoms. The van der Waals surface area contributed by atoms with E-state index in [1.54, 1.807) is 0 Å². The molecular formula is C9H11BrFN. The van der Waals surface area contributed by atoms with E-state index in [0.29, 0.717) is 0 Å². The van der Waals surface area contributed by atoms with Gasteiger partial charge in [0.15, 0.2) is 0 Å². The number of hydrogen-bond acceptors (Lipinski definition) is 1. The Morgan fingerprint density at radius 2 is 2.25 bits per heavy atom. The smallest absolute Gasteiger partial charge is 0.109 e. The maximum atomic E-state index is 12.2. The van der Waals surface area contributed by atoms with Crippen LogP contribution in [0.4, 0.5) is 4.39 Å². The first-order valence-corrected chi connectivity index (χ1v) is 4.52. The van der Waals surface area contributed by atoms with Crippen molar-refractivity contribution in [2.24, 2.45) is 5.73 Å². The van der Waals surface area contributed by atoms with Crippen LogP contribution in [0.3, 0.4) is 0 Å². The minimum atomic E-state index is -0.517. The summed E-state index contributed by atoms with van der Waals surface area (Å²) < 4.78 is 13.2. The molecule has 0 fully saturated rings. The third kappa shape index (κ3) is 2.05. The number of hydrogen-bond donors (Lipinski definition) is 1. The fourth-order valence-corrected chi connectivity index (χ4v) is 1.47. The van der Waals surface area contributed by atoms with Crippen LogP contribution in [0.15, 0.2) is 22.7 Å². The van der Waals surface area contributed by atoms with Gasteiger partial charge in [-0.25, -0.2) is 4.39 Å². The Labute approximate surface area is 79.9 Å². The van der Waals surface area contributed by atoms with E-state index in [1.807, 2.05) is 25.1 Å². The minimum Gasteiger partial charge on any atom is -0.322 e. The van der Waals surface area contributed by atoms with Crippen LogP contribution in [0.2, 0.25) is 0 Å². The maximum Gasteiger partial charge on any atom is 0.109 e. The second-order valence-electron chi connectivity index (χ2n) is 2.76. The van der Waals surface area contributed by atoms with Gasteiger partial charge in [-0.2, -0.15) is 0 Å². The molecule has 1 rings (SSSR count). The van der Waals surface area contributed by atoms with Crippen LogP contribution < -0.4 is 5.73 Å². The molecule has 1 atom stereocenters. The lowest BCUT2D eigenvalue weighted by atomic mass is 10.0. The molecule has 0 aliphatic carbocycles. The summed E-state index contributed by atoms with van der Waals surface area (Å²) >= 11 is 3.32. The molecule has 1 aromatic carbocycles. The minimum absolute atomic E-state index is 0.498. The van der Waals surface area contributed by atoms with Gasteiger partial charge in [0.2, 0.25) is 0 Å². The highest BCUT2D eigenvalue weighted by Gasteiger charge is 2.08. The van der Waals surface area contributed by atoms with Gasteiger partial charge in [-0.15, -0.1) is 0 Å². The molecule has 0 unspecified atom stereocenters. The van der Waals surface area contributed by atoms with Crippen molar-refractivity contribution >= 4 is 15.9 Å². The molecule has 0 aromatic heterocycles. The molecule has 66 valence electrons. The molecule has 3 heteroatoms. The number of rotatable bonds is 2. The van der Waals surface area contributed by atoms with Crippen molar-refractivity contribution in [1.82, 2.24) is 0 Å². The molecule has 0 saturated carbocycles. The van der Waals surface area contributed by atoms with Gasteiger partial charge in [-0.05, 0) is 30.2 Å². The average Bonchev–Trinajstić information content (AvgIpc) is 2.08. The van der Waals surface area contributed by atoms with E-state index >= 15 is 0 Å². The summed E-state index contributed by atoms with van der Waals surface area (Å²) in [4.78, 5) is 0. The Morgan fingerprint density at radius 3 is 2.83 bits per heavy atom. The van der Waals surface area contributed by atoms with Crippen molar-refractivity contribution in [3.8, 4) is 0 Å². The molecule has 0 aliphatic heterocycles. The fourth-order valence-electron chi connectivity index (χ4n) is 1.09. The van der Waals surface area contributed by atoms with Gasteiger partial charge < -0.3 is 5.73 Å². The summed E-state index contributed by atoms with van der Waals surface area (Å²) in [6, 6.07) is 5.21. The quantitative estimate of drug-likeness (QED) is 0.833. The predicted molar refractivity (Wildman–Crippen MR) is 51.8 cm³/mol. The number of halogens is 2. The SMILES string of the molecule is Cc1ccc(Br)cc1[C@H](N)CF. The molecule has 2 N–H and O–H groups in total. The number of aryl methyl sites for hydroxylation is 1. The zero-order valence-electron chi connectivity index (χ0n) is 6.85. The first-order chi connectivity index (χ1) is 5.65. The summed E-state index contributed by atoms with van der Waals surface area (Å²) in [5, 5.41) is 0. The zero-order valence-corrected chi connectivity index (χ0v) is 8.44. The van der Waals surface area contributed by atoms with E-state index < -0.39 is 12.7 Å². The van der Waals surface area contributed by atoms with Crippen LogP contribution in [0.25, 0.3) is 0 Å². The molecule has 0 aliphatic rings. The highest BCUT2D eigenvalue weighted by atomic mass is 79.9. The van der Waals surface area contributed by atoms with Crippen molar-refractivity contribution in [1.29, 1.82) is 0 Å². The zero-order chi connectivity index (χ0) is 9.14. The largest absolute Gasteiger partial charge is 0.322 e. The number of alkyl halides is 1. The maximum absolute atomic E-state index is 12.2. The summed E-state index contributed by atoms with van der Waals surface area (Å²) in [7, 11) is 0. The van der Waals surface area contributed by atoms with E-state index in [-0.39, 0.29) is 0 Å². The molecule has 1 aromatic rings. The van der Waals surface area contributed by atoms with Gasteiger partial charge in [-0.1, -0.05) is 22.0 Å². The molecule has 1 nitrogen and oxygen atoms in total. The summed E-state index contributed by atoms with van der Waals surface area (Å²) in [5.41, 5.74) is 7.47. The van der Waals surface area contributed by atoms with Crippen molar-refractivity contribution in [2.75, 3.05) is 6.67 Å². The molecule has 12 heavy (non-hydrogen) atoms. The Bertz CT molecular complexity index is 275. The van der Waals surface area contributed by atoms with Gasteiger partial charge in [0.25, 0.3) is 0 Å². The van der Waals surface area contributed by atoms with Gasteiger partial charge in [0.05, 0.1) is 6.04 Å².